The molecule has 0 saturated carbocycles. The van der Waals surface area contributed by atoms with Gasteiger partial charge in [0.15, 0.2) is 5.78 Å². The van der Waals surface area contributed by atoms with Crippen LogP contribution in [0, 0.1) is 5.41 Å². The van der Waals surface area contributed by atoms with Gasteiger partial charge in [0.25, 0.3) is 0 Å². The summed E-state index contributed by atoms with van der Waals surface area (Å²) < 4.78 is 0. The average Bonchev–Trinajstić information content (AvgIpc) is 2.59. The lowest BCUT2D eigenvalue weighted by Crippen LogP contribution is -2.25. The summed E-state index contributed by atoms with van der Waals surface area (Å²) in [5.74, 6) is 0.909. The van der Waals surface area contributed by atoms with Crippen molar-refractivity contribution in [3.63, 3.8) is 0 Å². The highest BCUT2D eigenvalue weighted by atomic mass is 16.1. The van der Waals surface area contributed by atoms with Crippen molar-refractivity contribution in [2.75, 3.05) is 5.32 Å². The second-order valence-electron chi connectivity index (χ2n) is 9.49. The van der Waals surface area contributed by atoms with Gasteiger partial charge in [0.05, 0.1) is 0 Å². The molecule has 0 saturated heterocycles. The molecular formula is C25H30N2O. The van der Waals surface area contributed by atoms with Gasteiger partial charge in [-0.2, -0.15) is 0 Å². The number of allylic oxidation sites excluding steroid dienone is 2. The number of hydrogen-bond acceptors (Lipinski definition) is 3. The first-order valence-corrected chi connectivity index (χ1v) is 9.81. The second-order valence-corrected chi connectivity index (χ2v) is 9.49. The number of carbonyl (C=O) groups is 1. The minimum Gasteiger partial charge on any atom is -0.343 e. The van der Waals surface area contributed by atoms with Gasteiger partial charge >= 0.3 is 0 Å². The predicted molar refractivity (Wildman–Crippen MR) is 117 cm³/mol. The lowest BCUT2D eigenvalue weighted by Gasteiger charge is -2.30. The minimum atomic E-state index is -0.0455. The molecule has 1 heterocycles. The molecule has 1 aliphatic carbocycles. The van der Waals surface area contributed by atoms with Crippen molar-refractivity contribution in [1.82, 2.24) is 4.98 Å². The molecule has 3 nitrogen and oxygen atoms in total. The van der Waals surface area contributed by atoms with Crippen molar-refractivity contribution in [2.24, 2.45) is 5.41 Å². The summed E-state index contributed by atoms with van der Waals surface area (Å²) in [7, 11) is 0. The summed E-state index contributed by atoms with van der Waals surface area (Å²) in [6.45, 7) is 15.1. The van der Waals surface area contributed by atoms with E-state index in [1.54, 1.807) is 6.08 Å². The first-order chi connectivity index (χ1) is 13.0. The first-order valence-electron chi connectivity index (χ1n) is 9.81. The van der Waals surface area contributed by atoms with Crippen LogP contribution < -0.4 is 5.32 Å². The maximum atomic E-state index is 12.2. The number of aromatic nitrogens is 1. The van der Waals surface area contributed by atoms with Crippen LogP contribution in [0.4, 0.5) is 5.82 Å². The molecule has 0 fully saturated rings. The molecule has 3 heteroatoms. The maximum absolute atomic E-state index is 12.2. The molecule has 1 N–H and O–H groups in total. The van der Waals surface area contributed by atoms with Gasteiger partial charge in [-0.1, -0.05) is 71.5 Å². The monoisotopic (exact) mass is 374 g/mol. The fourth-order valence-corrected chi connectivity index (χ4v) is 3.58. The third-order valence-corrected chi connectivity index (χ3v) is 5.14. The highest BCUT2D eigenvalue weighted by Crippen LogP contribution is 2.36. The number of hydrogen-bond donors (Lipinski definition) is 1. The molecule has 0 atom stereocenters. The van der Waals surface area contributed by atoms with E-state index in [2.05, 4.69) is 64.7 Å². The van der Waals surface area contributed by atoms with Crippen LogP contribution in [0.1, 0.15) is 64.2 Å². The van der Waals surface area contributed by atoms with Crippen LogP contribution in [0.3, 0.4) is 0 Å². The molecule has 0 unspecified atom stereocenters. The van der Waals surface area contributed by atoms with Crippen LogP contribution in [-0.4, -0.2) is 10.8 Å². The van der Waals surface area contributed by atoms with Crippen molar-refractivity contribution in [2.45, 2.75) is 52.9 Å². The molecule has 0 spiro atoms. The number of anilines is 1. The van der Waals surface area contributed by atoms with E-state index in [0.29, 0.717) is 6.42 Å². The molecule has 146 valence electrons. The molecule has 3 rings (SSSR count). The first kappa shape index (κ1) is 20.1. The molecule has 0 radical (unpaired) electrons. The van der Waals surface area contributed by atoms with Crippen LogP contribution >= 0.6 is 0 Å². The highest BCUT2D eigenvalue weighted by Gasteiger charge is 2.28. The number of pyridine rings is 1. The fraction of sp³-hybridized carbons (Fsp3) is 0.360. The SMILES string of the molecule is C=C(c1ccccc1)c1cc(C(C)(C)C)cnc1NC1=CC(=O)CC(C)(C)C1. The molecule has 0 bridgehead atoms. The van der Waals surface area contributed by atoms with Gasteiger partial charge in [-0.25, -0.2) is 4.98 Å². The summed E-state index contributed by atoms with van der Waals surface area (Å²) in [4.78, 5) is 16.9. The van der Waals surface area contributed by atoms with E-state index in [9.17, 15) is 4.79 Å². The largest absolute Gasteiger partial charge is 0.343 e. The van der Waals surface area contributed by atoms with Gasteiger partial charge in [-0.3, -0.25) is 4.79 Å². The Labute approximate surface area is 168 Å². The quantitative estimate of drug-likeness (QED) is 0.700. The number of nitrogens with zero attached hydrogens (tertiary/aromatic N) is 1. The molecular weight excluding hydrogens is 344 g/mol. The van der Waals surface area contributed by atoms with Crippen LogP contribution in [0.25, 0.3) is 5.57 Å². The molecule has 0 amide bonds. The van der Waals surface area contributed by atoms with Crippen molar-refractivity contribution < 1.29 is 4.79 Å². The van der Waals surface area contributed by atoms with Gasteiger partial charge in [0.2, 0.25) is 0 Å². The second kappa shape index (κ2) is 7.38. The van der Waals surface area contributed by atoms with Crippen LogP contribution in [0.5, 0.6) is 0 Å². The third kappa shape index (κ3) is 4.59. The zero-order valence-corrected chi connectivity index (χ0v) is 17.6. The molecule has 1 aromatic carbocycles. The Morgan fingerprint density at radius 1 is 1.14 bits per heavy atom. The van der Waals surface area contributed by atoms with E-state index in [1.807, 2.05) is 24.4 Å². The Hall–Kier alpha value is -2.68. The van der Waals surface area contributed by atoms with E-state index >= 15 is 0 Å². The van der Waals surface area contributed by atoms with Crippen molar-refractivity contribution in [1.29, 1.82) is 0 Å². The van der Waals surface area contributed by atoms with Gasteiger partial charge in [0.1, 0.15) is 5.82 Å². The molecule has 1 aliphatic rings. The Balaban J connectivity index is 2.03. The normalized spacial score (nSPS) is 16.5. The maximum Gasteiger partial charge on any atom is 0.157 e. The number of benzene rings is 1. The summed E-state index contributed by atoms with van der Waals surface area (Å²) in [6.07, 6.45) is 5.04. The lowest BCUT2D eigenvalue weighted by molar-refractivity contribution is -0.117. The van der Waals surface area contributed by atoms with Gasteiger partial charge in [-0.05, 0) is 40.0 Å². The smallest absolute Gasteiger partial charge is 0.157 e. The number of carbonyl (C=O) groups excluding carboxylic acids is 1. The van der Waals surface area contributed by atoms with E-state index in [4.69, 9.17) is 4.98 Å². The van der Waals surface area contributed by atoms with E-state index < -0.39 is 0 Å². The van der Waals surface area contributed by atoms with Gasteiger partial charge in [-0.15, -0.1) is 0 Å². The topological polar surface area (TPSA) is 42.0 Å². The summed E-state index contributed by atoms with van der Waals surface area (Å²) in [5.41, 5.74) is 4.96. The summed E-state index contributed by atoms with van der Waals surface area (Å²) in [6, 6.07) is 12.3. The van der Waals surface area contributed by atoms with Gasteiger partial charge < -0.3 is 5.32 Å². The van der Waals surface area contributed by atoms with Gasteiger partial charge in [0, 0.05) is 30.0 Å². The Morgan fingerprint density at radius 2 is 1.82 bits per heavy atom. The van der Waals surface area contributed by atoms with Crippen molar-refractivity contribution in [3.05, 3.63) is 77.6 Å². The molecule has 28 heavy (non-hydrogen) atoms. The summed E-state index contributed by atoms with van der Waals surface area (Å²) >= 11 is 0. The Kier molecular flexibility index (Phi) is 5.29. The Bertz CT molecular complexity index is 931. The fourth-order valence-electron chi connectivity index (χ4n) is 3.58. The van der Waals surface area contributed by atoms with E-state index in [-0.39, 0.29) is 16.6 Å². The zero-order valence-electron chi connectivity index (χ0n) is 17.6. The minimum absolute atomic E-state index is 0.0146. The van der Waals surface area contributed by atoms with Crippen molar-refractivity contribution in [3.8, 4) is 0 Å². The molecule has 2 aromatic rings. The lowest BCUT2D eigenvalue weighted by atomic mass is 9.79. The summed E-state index contributed by atoms with van der Waals surface area (Å²) in [5, 5.41) is 3.43. The van der Waals surface area contributed by atoms with E-state index in [1.165, 1.54) is 0 Å². The predicted octanol–water partition coefficient (Wildman–Crippen LogP) is 6.13. The van der Waals surface area contributed by atoms with Crippen LogP contribution in [0.15, 0.2) is 60.9 Å². The molecule has 0 aliphatic heterocycles. The average molecular weight is 375 g/mol. The van der Waals surface area contributed by atoms with Crippen LogP contribution in [0.2, 0.25) is 0 Å². The van der Waals surface area contributed by atoms with E-state index in [0.717, 1.165) is 40.2 Å². The molecule has 1 aromatic heterocycles. The number of rotatable bonds is 4. The standard InChI is InChI=1S/C25H30N2O/c1-17(18-10-8-7-9-11-18)22-12-19(24(2,3)4)16-26-23(22)27-20-13-21(28)15-25(5,6)14-20/h7-13,16H,1,14-15H2,2-6H3,(H,26,27). The number of ketones is 1. The Morgan fingerprint density at radius 3 is 2.43 bits per heavy atom. The van der Waals surface area contributed by atoms with Crippen LogP contribution in [-0.2, 0) is 10.2 Å². The third-order valence-electron chi connectivity index (χ3n) is 5.14. The number of nitrogens with one attached hydrogen (secondary N) is 1. The van der Waals surface area contributed by atoms with Crippen molar-refractivity contribution >= 4 is 17.2 Å². The zero-order chi connectivity index (χ0) is 20.5. The highest BCUT2D eigenvalue weighted by molar-refractivity contribution is 5.93.